The van der Waals surface area contributed by atoms with Crippen molar-refractivity contribution in [2.24, 2.45) is 7.05 Å². The maximum Gasteiger partial charge on any atom is 0.310 e. The van der Waals surface area contributed by atoms with Crippen molar-refractivity contribution < 1.29 is 23.1 Å². The second kappa shape index (κ2) is 11.8. The number of ether oxygens (including phenoxy) is 2. The van der Waals surface area contributed by atoms with E-state index < -0.39 is 0 Å². The molecular weight excluding hydrogens is 561 g/mol. The van der Waals surface area contributed by atoms with E-state index >= 15 is 0 Å². The van der Waals surface area contributed by atoms with Crippen LogP contribution in [0.4, 0.5) is 4.39 Å². The molecule has 8 nitrogen and oxygen atoms in total. The number of pyridine rings is 1. The Morgan fingerprint density at radius 3 is 2.55 bits per heavy atom. The number of fused-ring (bicyclic) bond motifs is 1. The van der Waals surface area contributed by atoms with Crippen molar-refractivity contribution >= 4 is 16.9 Å². The molecule has 0 radical (unpaired) electrons. The number of nitrogens with zero attached hydrogens (tertiary/aromatic N) is 2. The molecule has 0 saturated heterocycles. The number of hydrogen-bond acceptors (Lipinski definition) is 6. The lowest BCUT2D eigenvalue weighted by Crippen LogP contribution is -2.16. The van der Waals surface area contributed by atoms with Gasteiger partial charge in [-0.3, -0.25) is 9.59 Å². The maximum atomic E-state index is 14.1. The van der Waals surface area contributed by atoms with E-state index in [9.17, 15) is 14.0 Å². The Kier molecular flexibility index (Phi) is 7.88. The third kappa shape index (κ3) is 5.78. The highest BCUT2D eigenvalue weighted by atomic mass is 19.1. The molecule has 228 valence electrons. The van der Waals surface area contributed by atoms with Gasteiger partial charge >= 0.3 is 5.97 Å². The van der Waals surface area contributed by atoms with Crippen LogP contribution in [0.1, 0.15) is 68.0 Å². The van der Waals surface area contributed by atoms with Crippen LogP contribution < -0.4 is 10.3 Å². The molecule has 0 spiro atoms. The summed E-state index contributed by atoms with van der Waals surface area (Å²) in [6, 6.07) is 10.0. The van der Waals surface area contributed by atoms with E-state index in [-0.39, 0.29) is 29.9 Å². The molecule has 1 N–H and O–H groups in total. The minimum absolute atomic E-state index is 0.0520. The van der Waals surface area contributed by atoms with Crippen molar-refractivity contribution in [3.63, 3.8) is 0 Å². The number of imidazole rings is 1. The van der Waals surface area contributed by atoms with Gasteiger partial charge < -0.3 is 23.4 Å². The fraction of sp³-hybridized carbons (Fsp3) is 0.343. The molecular formula is C35H36FN3O5. The zero-order valence-corrected chi connectivity index (χ0v) is 25.6. The maximum absolute atomic E-state index is 14.1. The van der Waals surface area contributed by atoms with Crippen molar-refractivity contribution in [3.8, 4) is 34.1 Å². The lowest BCUT2D eigenvalue weighted by Gasteiger charge is -2.17. The van der Waals surface area contributed by atoms with Crippen LogP contribution in [0.25, 0.3) is 33.6 Å². The molecule has 0 unspecified atom stereocenters. The number of rotatable bonds is 8. The standard InChI is InChI=1S/C35H36FN3O5/c1-19(2)42-31(40)15-22-10-11-29(43-32-20(3)12-24(36)13-21(32)4)25(14-22)27-18-39(5)35(41)26-16-30(44-33(26)27)28-17-37-34(38-28)23-8-6-7-9-23/h10-14,16-19,23H,6-9,15H2,1-5H3,(H,37,38). The first kappa shape index (κ1) is 29.4. The van der Waals surface area contributed by atoms with Gasteiger partial charge in [-0.05, 0) is 87.6 Å². The quantitative estimate of drug-likeness (QED) is 0.183. The molecule has 0 bridgehead atoms. The third-order valence-corrected chi connectivity index (χ3v) is 8.14. The number of furan rings is 1. The molecule has 5 aromatic rings. The molecule has 1 fully saturated rings. The van der Waals surface area contributed by atoms with Crippen molar-refractivity contribution in [2.75, 3.05) is 0 Å². The van der Waals surface area contributed by atoms with Gasteiger partial charge in [-0.1, -0.05) is 18.9 Å². The minimum atomic E-state index is -0.354. The van der Waals surface area contributed by atoms with Gasteiger partial charge in [-0.25, -0.2) is 9.37 Å². The van der Waals surface area contributed by atoms with E-state index in [4.69, 9.17) is 13.9 Å². The highest BCUT2D eigenvalue weighted by Crippen LogP contribution is 2.41. The Bertz CT molecular complexity index is 1900. The lowest BCUT2D eigenvalue weighted by molar-refractivity contribution is -0.146. The van der Waals surface area contributed by atoms with E-state index in [1.807, 2.05) is 6.07 Å². The highest BCUT2D eigenvalue weighted by Gasteiger charge is 2.24. The summed E-state index contributed by atoms with van der Waals surface area (Å²) in [5.74, 6) is 2.14. The lowest BCUT2D eigenvalue weighted by atomic mass is 10.00. The van der Waals surface area contributed by atoms with Crippen LogP contribution in [-0.2, 0) is 23.0 Å². The average Bonchev–Trinajstić information content (AvgIpc) is 3.73. The van der Waals surface area contributed by atoms with Crippen LogP contribution >= 0.6 is 0 Å². The number of halogens is 1. The first-order chi connectivity index (χ1) is 21.1. The molecule has 1 aliphatic carbocycles. The summed E-state index contributed by atoms with van der Waals surface area (Å²) in [5, 5.41) is 0.404. The molecule has 0 amide bonds. The van der Waals surface area contributed by atoms with Crippen molar-refractivity contribution in [3.05, 3.63) is 87.5 Å². The van der Waals surface area contributed by atoms with Crippen molar-refractivity contribution in [1.29, 1.82) is 0 Å². The van der Waals surface area contributed by atoms with Crippen LogP contribution in [0.3, 0.4) is 0 Å². The van der Waals surface area contributed by atoms with Crippen LogP contribution in [-0.4, -0.2) is 26.6 Å². The van der Waals surface area contributed by atoms with E-state index in [0.29, 0.717) is 67.7 Å². The van der Waals surface area contributed by atoms with Crippen LogP contribution in [0, 0.1) is 19.7 Å². The summed E-state index contributed by atoms with van der Waals surface area (Å²) >= 11 is 0. The van der Waals surface area contributed by atoms with Gasteiger partial charge in [-0.2, -0.15) is 0 Å². The molecule has 44 heavy (non-hydrogen) atoms. The largest absolute Gasteiger partial charge is 0.463 e. The predicted octanol–water partition coefficient (Wildman–Crippen LogP) is 7.89. The second-order valence-corrected chi connectivity index (χ2v) is 12.0. The van der Waals surface area contributed by atoms with E-state index in [1.165, 1.54) is 29.5 Å². The average molecular weight is 598 g/mol. The highest BCUT2D eigenvalue weighted by molar-refractivity contribution is 5.95. The summed E-state index contributed by atoms with van der Waals surface area (Å²) in [5.41, 5.74) is 4.08. The first-order valence-corrected chi connectivity index (χ1v) is 15.0. The zero-order valence-electron chi connectivity index (χ0n) is 25.6. The molecule has 1 aliphatic rings. The number of nitrogens with one attached hydrogen (secondary N) is 1. The molecule has 3 aromatic heterocycles. The van der Waals surface area contributed by atoms with Crippen LogP contribution in [0.15, 0.2) is 58.0 Å². The Morgan fingerprint density at radius 1 is 1.11 bits per heavy atom. The summed E-state index contributed by atoms with van der Waals surface area (Å²) in [7, 11) is 1.69. The number of aromatic amines is 1. The number of benzene rings is 2. The van der Waals surface area contributed by atoms with Gasteiger partial charge in [-0.15, -0.1) is 0 Å². The van der Waals surface area contributed by atoms with E-state index in [2.05, 4.69) is 9.97 Å². The summed E-state index contributed by atoms with van der Waals surface area (Å²) < 4.78 is 33.8. The normalized spacial score (nSPS) is 13.7. The molecule has 3 heterocycles. The smallest absolute Gasteiger partial charge is 0.310 e. The van der Waals surface area contributed by atoms with E-state index in [1.54, 1.807) is 65.3 Å². The van der Waals surface area contributed by atoms with Crippen molar-refractivity contribution in [2.45, 2.75) is 71.8 Å². The number of H-pyrrole nitrogens is 1. The molecule has 0 atom stereocenters. The Morgan fingerprint density at radius 2 is 1.84 bits per heavy atom. The minimum Gasteiger partial charge on any atom is -0.463 e. The van der Waals surface area contributed by atoms with Gasteiger partial charge in [0, 0.05) is 30.3 Å². The first-order valence-electron chi connectivity index (χ1n) is 15.0. The van der Waals surface area contributed by atoms with E-state index in [0.717, 1.165) is 18.7 Å². The van der Waals surface area contributed by atoms with Crippen LogP contribution in [0.5, 0.6) is 11.5 Å². The van der Waals surface area contributed by atoms with Gasteiger partial charge in [0.1, 0.15) is 34.4 Å². The van der Waals surface area contributed by atoms with Gasteiger partial charge in [0.2, 0.25) is 0 Å². The molecule has 2 aromatic carbocycles. The predicted molar refractivity (Wildman–Crippen MR) is 167 cm³/mol. The van der Waals surface area contributed by atoms with Gasteiger partial charge in [0.15, 0.2) is 5.76 Å². The Labute approximate surface area is 254 Å². The molecule has 0 aliphatic heterocycles. The summed E-state index contributed by atoms with van der Waals surface area (Å²) in [6.45, 7) is 7.18. The summed E-state index contributed by atoms with van der Waals surface area (Å²) in [6.07, 6.45) is 7.87. The van der Waals surface area contributed by atoms with Crippen molar-refractivity contribution in [1.82, 2.24) is 14.5 Å². The number of aromatic nitrogens is 3. The SMILES string of the molecule is Cc1cc(F)cc(C)c1Oc1ccc(CC(=O)OC(C)C)cc1-c1cn(C)c(=O)c2cc(-c3cnc(C4CCCC4)[nH]3)oc12. The Balaban J connectivity index is 1.49. The topological polar surface area (TPSA) is 99.4 Å². The second-order valence-electron chi connectivity index (χ2n) is 12.0. The number of hydrogen-bond donors (Lipinski definition) is 1. The zero-order chi connectivity index (χ0) is 31.1. The third-order valence-electron chi connectivity index (χ3n) is 8.14. The fourth-order valence-electron chi connectivity index (χ4n) is 6.07. The van der Waals surface area contributed by atoms with Gasteiger partial charge in [0.05, 0.1) is 24.1 Å². The number of esters is 1. The van der Waals surface area contributed by atoms with Gasteiger partial charge in [0.25, 0.3) is 5.56 Å². The Hall–Kier alpha value is -4.66. The monoisotopic (exact) mass is 597 g/mol. The molecule has 1 saturated carbocycles. The number of aryl methyl sites for hydroxylation is 3. The fourth-order valence-corrected chi connectivity index (χ4v) is 6.07. The van der Waals surface area contributed by atoms with Crippen LogP contribution in [0.2, 0.25) is 0 Å². The number of carbonyl (C=O) groups excluding carboxylic acids is 1. The summed E-state index contributed by atoms with van der Waals surface area (Å²) in [4.78, 5) is 33.9. The number of carbonyl (C=O) groups is 1. The molecule has 9 heteroatoms. The molecule has 6 rings (SSSR count).